The van der Waals surface area contributed by atoms with Crippen LogP contribution in [-0.2, 0) is 0 Å². The van der Waals surface area contributed by atoms with Crippen LogP contribution in [0, 0.1) is 5.92 Å². The number of benzene rings is 1. The number of hydrogen-bond donors (Lipinski definition) is 1. The molecule has 0 spiro atoms. The first-order valence-corrected chi connectivity index (χ1v) is 7.46. The summed E-state index contributed by atoms with van der Waals surface area (Å²) in [6.45, 7) is 10.6. The third-order valence-electron chi connectivity index (χ3n) is 3.73. The van der Waals surface area contributed by atoms with Gasteiger partial charge in [0.05, 0.1) is 12.3 Å². The van der Waals surface area contributed by atoms with Crippen LogP contribution in [0.1, 0.15) is 39.3 Å². The van der Waals surface area contributed by atoms with Crippen molar-refractivity contribution in [1.29, 1.82) is 0 Å². The van der Waals surface area contributed by atoms with E-state index >= 15 is 0 Å². The van der Waals surface area contributed by atoms with Gasteiger partial charge >= 0.3 is 0 Å². The molecule has 3 nitrogen and oxygen atoms in total. The van der Waals surface area contributed by atoms with Crippen LogP contribution < -0.4 is 5.73 Å². The second kappa shape index (κ2) is 6.42. The molecule has 1 heterocycles. The second-order valence-electron chi connectivity index (χ2n) is 6.12. The molecule has 0 aliphatic carbocycles. The van der Waals surface area contributed by atoms with Gasteiger partial charge in [-0.2, -0.15) is 0 Å². The summed E-state index contributed by atoms with van der Waals surface area (Å²) in [5, 5.41) is 1.18. The molecule has 0 aliphatic heterocycles. The predicted molar refractivity (Wildman–Crippen MR) is 84.7 cm³/mol. The lowest BCUT2D eigenvalue weighted by Gasteiger charge is -2.35. The number of rotatable bonds is 6. The van der Waals surface area contributed by atoms with Crippen LogP contribution in [0.3, 0.4) is 0 Å². The maximum atomic E-state index is 6.09. The van der Waals surface area contributed by atoms with Crippen LogP contribution in [0.2, 0.25) is 0 Å². The monoisotopic (exact) mass is 274 g/mol. The van der Waals surface area contributed by atoms with E-state index in [0.29, 0.717) is 18.5 Å². The molecular weight excluding hydrogens is 248 g/mol. The first-order chi connectivity index (χ1) is 9.54. The van der Waals surface area contributed by atoms with Gasteiger partial charge in [0.1, 0.15) is 5.58 Å². The van der Waals surface area contributed by atoms with E-state index in [2.05, 4.69) is 44.7 Å². The molecule has 2 rings (SSSR count). The molecule has 0 saturated carbocycles. The molecule has 0 amide bonds. The Labute approximate surface area is 121 Å². The Bertz CT molecular complexity index is 545. The summed E-state index contributed by atoms with van der Waals surface area (Å²) in [6.07, 6.45) is 1.87. The van der Waals surface area contributed by atoms with Crippen LogP contribution in [0.4, 0.5) is 0 Å². The van der Waals surface area contributed by atoms with E-state index in [9.17, 15) is 0 Å². The first-order valence-electron chi connectivity index (χ1n) is 7.46. The van der Waals surface area contributed by atoms with E-state index in [-0.39, 0.29) is 6.04 Å². The molecule has 0 fully saturated rings. The second-order valence-corrected chi connectivity index (χ2v) is 6.12. The SMILES string of the molecule is CC(C)CN(C(C)C)C(CN)c1coc2ccccc12. The number of nitrogens with two attached hydrogens (primary N) is 1. The molecule has 1 unspecified atom stereocenters. The largest absolute Gasteiger partial charge is 0.464 e. The minimum Gasteiger partial charge on any atom is -0.464 e. The molecule has 0 radical (unpaired) electrons. The van der Waals surface area contributed by atoms with Crippen molar-refractivity contribution < 1.29 is 4.42 Å². The van der Waals surface area contributed by atoms with Crippen LogP contribution in [-0.4, -0.2) is 24.0 Å². The molecule has 0 saturated heterocycles. The number of nitrogens with zero attached hydrogens (tertiary/aromatic N) is 1. The lowest BCUT2D eigenvalue weighted by atomic mass is 10.0. The molecular formula is C17H26N2O. The van der Waals surface area contributed by atoms with E-state index in [4.69, 9.17) is 10.2 Å². The van der Waals surface area contributed by atoms with Crippen LogP contribution in [0.25, 0.3) is 11.0 Å². The summed E-state index contributed by atoms with van der Waals surface area (Å²) in [6, 6.07) is 8.85. The zero-order chi connectivity index (χ0) is 14.7. The van der Waals surface area contributed by atoms with E-state index < -0.39 is 0 Å². The number of furan rings is 1. The van der Waals surface area contributed by atoms with Gasteiger partial charge < -0.3 is 10.2 Å². The molecule has 20 heavy (non-hydrogen) atoms. The minimum atomic E-state index is 0.209. The van der Waals surface area contributed by atoms with Crippen molar-refractivity contribution >= 4 is 11.0 Å². The highest BCUT2D eigenvalue weighted by Gasteiger charge is 2.25. The number of para-hydroxylation sites is 1. The van der Waals surface area contributed by atoms with Gasteiger partial charge in [0.2, 0.25) is 0 Å². The minimum absolute atomic E-state index is 0.209. The summed E-state index contributed by atoms with van der Waals surface area (Å²) < 4.78 is 5.68. The summed E-state index contributed by atoms with van der Waals surface area (Å²) >= 11 is 0. The van der Waals surface area contributed by atoms with Gasteiger partial charge in [0.25, 0.3) is 0 Å². The lowest BCUT2D eigenvalue weighted by Crippen LogP contribution is -2.40. The molecule has 3 heteroatoms. The van der Waals surface area contributed by atoms with Gasteiger partial charge in [0.15, 0.2) is 0 Å². The third-order valence-corrected chi connectivity index (χ3v) is 3.73. The summed E-state index contributed by atoms with van der Waals surface area (Å²) in [4.78, 5) is 2.47. The van der Waals surface area contributed by atoms with Crippen molar-refractivity contribution in [2.45, 2.75) is 39.8 Å². The molecule has 1 aromatic heterocycles. The predicted octanol–water partition coefficient (Wildman–Crippen LogP) is 3.80. The zero-order valence-electron chi connectivity index (χ0n) is 13.0. The number of hydrogen-bond acceptors (Lipinski definition) is 3. The van der Waals surface area contributed by atoms with Gasteiger partial charge in [-0.3, -0.25) is 4.90 Å². The quantitative estimate of drug-likeness (QED) is 0.871. The molecule has 2 N–H and O–H groups in total. The summed E-state index contributed by atoms with van der Waals surface area (Å²) in [7, 11) is 0. The van der Waals surface area contributed by atoms with E-state index in [1.807, 2.05) is 18.4 Å². The Hall–Kier alpha value is -1.32. The first kappa shape index (κ1) is 15.1. The van der Waals surface area contributed by atoms with Crippen LogP contribution >= 0.6 is 0 Å². The molecule has 0 aliphatic rings. The van der Waals surface area contributed by atoms with Gasteiger partial charge in [-0.25, -0.2) is 0 Å². The fourth-order valence-electron chi connectivity index (χ4n) is 2.82. The van der Waals surface area contributed by atoms with E-state index in [1.54, 1.807) is 0 Å². The molecule has 110 valence electrons. The summed E-state index contributed by atoms with van der Waals surface area (Å²) in [5.41, 5.74) is 8.23. The van der Waals surface area contributed by atoms with Crippen molar-refractivity contribution in [3.8, 4) is 0 Å². The fourth-order valence-corrected chi connectivity index (χ4v) is 2.82. The smallest absolute Gasteiger partial charge is 0.134 e. The highest BCUT2D eigenvalue weighted by atomic mass is 16.3. The maximum Gasteiger partial charge on any atom is 0.134 e. The van der Waals surface area contributed by atoms with Gasteiger partial charge in [-0.05, 0) is 25.8 Å². The van der Waals surface area contributed by atoms with Crippen LogP contribution in [0.5, 0.6) is 0 Å². The van der Waals surface area contributed by atoms with Gasteiger partial charge in [0, 0.05) is 30.1 Å². The van der Waals surface area contributed by atoms with Gasteiger partial charge in [-0.15, -0.1) is 0 Å². The molecule has 1 atom stereocenters. The average Bonchev–Trinajstić information content (AvgIpc) is 2.82. The topological polar surface area (TPSA) is 42.4 Å². The Morgan fingerprint density at radius 2 is 1.85 bits per heavy atom. The van der Waals surface area contributed by atoms with Crippen LogP contribution in [0.15, 0.2) is 34.9 Å². The van der Waals surface area contributed by atoms with E-state index in [0.717, 1.165) is 12.1 Å². The molecule has 2 aromatic rings. The van der Waals surface area contributed by atoms with Gasteiger partial charge in [-0.1, -0.05) is 32.0 Å². The van der Waals surface area contributed by atoms with Crippen molar-refractivity contribution in [3.63, 3.8) is 0 Å². The van der Waals surface area contributed by atoms with Crippen molar-refractivity contribution in [1.82, 2.24) is 4.90 Å². The Morgan fingerprint density at radius 1 is 1.15 bits per heavy atom. The highest BCUT2D eigenvalue weighted by Crippen LogP contribution is 2.31. The lowest BCUT2D eigenvalue weighted by molar-refractivity contribution is 0.139. The van der Waals surface area contributed by atoms with Crippen molar-refractivity contribution in [3.05, 3.63) is 36.1 Å². The average molecular weight is 274 g/mol. The van der Waals surface area contributed by atoms with Crippen molar-refractivity contribution in [2.75, 3.05) is 13.1 Å². The number of fused-ring (bicyclic) bond motifs is 1. The standard InChI is InChI=1S/C17H26N2O/c1-12(2)10-19(13(3)4)16(9-18)15-11-20-17-8-6-5-7-14(15)17/h5-8,11-13,16H,9-10,18H2,1-4H3. The summed E-state index contributed by atoms with van der Waals surface area (Å²) in [5.74, 6) is 0.615. The van der Waals surface area contributed by atoms with E-state index in [1.165, 1.54) is 10.9 Å². The third kappa shape index (κ3) is 3.05. The molecule has 0 bridgehead atoms. The molecule has 1 aromatic carbocycles. The Morgan fingerprint density at radius 3 is 2.45 bits per heavy atom. The zero-order valence-corrected chi connectivity index (χ0v) is 13.0. The Balaban J connectivity index is 2.39. The fraction of sp³-hybridized carbons (Fsp3) is 0.529. The van der Waals surface area contributed by atoms with Crippen molar-refractivity contribution in [2.24, 2.45) is 11.7 Å². The highest BCUT2D eigenvalue weighted by molar-refractivity contribution is 5.81. The maximum absolute atomic E-state index is 6.09. The normalized spacial score (nSPS) is 13.8. The Kier molecular flexibility index (Phi) is 4.84.